The number of hydrogen-bond acceptors (Lipinski definition) is 4. The summed E-state index contributed by atoms with van der Waals surface area (Å²) in [6, 6.07) is 8.12. The van der Waals surface area contributed by atoms with E-state index in [1.807, 2.05) is 24.3 Å². The molecule has 3 fully saturated rings. The third-order valence-electron chi connectivity index (χ3n) is 6.64. The van der Waals surface area contributed by atoms with Crippen LogP contribution in [0.3, 0.4) is 0 Å². The van der Waals surface area contributed by atoms with Gasteiger partial charge in [-0.15, -0.1) is 0 Å². The van der Waals surface area contributed by atoms with E-state index in [-0.39, 0.29) is 17.9 Å². The summed E-state index contributed by atoms with van der Waals surface area (Å²) in [6.07, 6.45) is 7.84. The summed E-state index contributed by atoms with van der Waals surface area (Å²) in [5.41, 5.74) is 8.11. The number of rotatable bonds is 4. The van der Waals surface area contributed by atoms with Crippen LogP contribution in [0.1, 0.15) is 56.7 Å². The monoisotopic (exact) mass is 365 g/mol. The van der Waals surface area contributed by atoms with Crippen LogP contribution < -0.4 is 11.1 Å². The molecule has 3 aliphatic rings. The van der Waals surface area contributed by atoms with Gasteiger partial charge in [-0.3, -0.25) is 9.89 Å². The minimum absolute atomic E-state index is 0.0775. The lowest BCUT2D eigenvalue weighted by atomic mass is 9.65. The van der Waals surface area contributed by atoms with Gasteiger partial charge in [-0.25, -0.2) is 4.98 Å². The Balaban J connectivity index is 1.28. The third kappa shape index (κ3) is 3.38. The first-order chi connectivity index (χ1) is 13.2. The number of aromatic amines is 1. The third-order valence-corrected chi connectivity index (χ3v) is 6.64. The van der Waals surface area contributed by atoms with Crippen LogP contribution in [0.5, 0.6) is 0 Å². The lowest BCUT2D eigenvalue weighted by molar-refractivity contribution is -0.122. The molecule has 6 heteroatoms. The Morgan fingerprint density at radius 3 is 2.67 bits per heavy atom. The van der Waals surface area contributed by atoms with Crippen molar-refractivity contribution in [2.24, 2.45) is 23.5 Å². The molecule has 3 saturated carbocycles. The molecule has 27 heavy (non-hydrogen) atoms. The number of benzene rings is 1. The summed E-state index contributed by atoms with van der Waals surface area (Å²) in [5.74, 6) is 3.45. The van der Waals surface area contributed by atoms with E-state index in [0.717, 1.165) is 29.9 Å². The van der Waals surface area contributed by atoms with E-state index in [0.29, 0.717) is 23.6 Å². The second kappa shape index (κ2) is 6.75. The van der Waals surface area contributed by atoms with Crippen LogP contribution in [-0.4, -0.2) is 27.1 Å². The molecule has 1 amide bonds. The summed E-state index contributed by atoms with van der Waals surface area (Å²) in [4.78, 5) is 17.5. The van der Waals surface area contributed by atoms with Gasteiger partial charge >= 0.3 is 0 Å². The standard InChI is InChI=1S/C21H27N5O/c22-18-13-3-1-4-14(18)10-16(9-13)21(27)23-17-6-2-5-15(11-17)20-24-19(25-26-20)12-7-8-12/h2,5-6,11-14,16,18H,1,3-4,7-10,22H2,(H,23,27)(H,24,25,26). The van der Waals surface area contributed by atoms with Crippen molar-refractivity contribution in [1.82, 2.24) is 15.2 Å². The lowest BCUT2D eigenvalue weighted by Gasteiger charge is -2.43. The van der Waals surface area contributed by atoms with E-state index >= 15 is 0 Å². The van der Waals surface area contributed by atoms with Crippen LogP contribution in [0, 0.1) is 17.8 Å². The zero-order chi connectivity index (χ0) is 18.4. The van der Waals surface area contributed by atoms with Crippen molar-refractivity contribution in [3.8, 4) is 11.4 Å². The number of anilines is 1. The smallest absolute Gasteiger partial charge is 0.227 e. The largest absolute Gasteiger partial charge is 0.327 e. The molecule has 2 unspecified atom stereocenters. The van der Waals surface area contributed by atoms with E-state index < -0.39 is 0 Å². The summed E-state index contributed by atoms with van der Waals surface area (Å²) in [7, 11) is 0. The first-order valence-corrected chi connectivity index (χ1v) is 10.3. The molecule has 0 spiro atoms. The highest BCUT2D eigenvalue weighted by atomic mass is 16.1. The van der Waals surface area contributed by atoms with Crippen LogP contribution in [0.25, 0.3) is 11.4 Å². The van der Waals surface area contributed by atoms with E-state index in [1.54, 1.807) is 0 Å². The van der Waals surface area contributed by atoms with Crippen LogP contribution in [0.4, 0.5) is 5.69 Å². The number of nitrogens with zero attached hydrogens (tertiary/aromatic N) is 2. The van der Waals surface area contributed by atoms with Crippen LogP contribution in [0.15, 0.2) is 24.3 Å². The molecular formula is C21H27N5O. The number of nitrogens with two attached hydrogens (primary N) is 1. The van der Waals surface area contributed by atoms with Gasteiger partial charge in [0.25, 0.3) is 0 Å². The molecule has 2 aromatic rings. The van der Waals surface area contributed by atoms with Crippen molar-refractivity contribution >= 4 is 11.6 Å². The average molecular weight is 365 g/mol. The Morgan fingerprint density at radius 2 is 1.93 bits per heavy atom. The van der Waals surface area contributed by atoms with Crippen molar-refractivity contribution in [2.45, 2.75) is 56.9 Å². The number of hydrogen-bond donors (Lipinski definition) is 3. The van der Waals surface area contributed by atoms with E-state index in [2.05, 4.69) is 20.5 Å². The number of nitrogens with one attached hydrogen (secondary N) is 2. The average Bonchev–Trinajstić information content (AvgIpc) is 3.38. The fourth-order valence-electron chi connectivity index (χ4n) is 4.93. The quantitative estimate of drug-likeness (QED) is 0.773. The molecule has 1 heterocycles. The zero-order valence-corrected chi connectivity index (χ0v) is 15.5. The normalized spacial score (nSPS) is 30.1. The molecule has 2 atom stereocenters. The SMILES string of the molecule is NC1C2CCCC1CC(C(=O)Nc1cccc(-c3n[nH]c(C4CC4)n3)c1)C2. The van der Waals surface area contributed by atoms with Crippen molar-refractivity contribution in [1.29, 1.82) is 0 Å². The maximum absolute atomic E-state index is 12.9. The maximum Gasteiger partial charge on any atom is 0.227 e. The number of fused-ring (bicyclic) bond motifs is 2. The molecule has 1 aromatic heterocycles. The molecule has 3 aliphatic carbocycles. The summed E-state index contributed by atoms with van der Waals surface area (Å²) < 4.78 is 0. The van der Waals surface area contributed by atoms with Gasteiger partial charge in [0.2, 0.25) is 5.91 Å². The van der Waals surface area contributed by atoms with Crippen LogP contribution in [-0.2, 0) is 4.79 Å². The molecule has 142 valence electrons. The van der Waals surface area contributed by atoms with Gasteiger partial charge in [0.15, 0.2) is 5.82 Å². The lowest BCUT2D eigenvalue weighted by Crippen LogP contribution is -2.48. The number of carbonyl (C=O) groups is 1. The predicted molar refractivity (Wildman–Crippen MR) is 104 cm³/mol. The number of H-pyrrole nitrogens is 1. The summed E-state index contributed by atoms with van der Waals surface area (Å²) in [5, 5.41) is 10.5. The first kappa shape index (κ1) is 16.9. The van der Waals surface area contributed by atoms with E-state index in [1.165, 1.54) is 32.1 Å². The highest BCUT2D eigenvalue weighted by Crippen LogP contribution is 2.42. The molecular weight excluding hydrogens is 338 g/mol. The zero-order valence-electron chi connectivity index (χ0n) is 15.5. The van der Waals surface area contributed by atoms with E-state index in [4.69, 9.17) is 5.73 Å². The molecule has 1 aromatic carbocycles. The molecule has 0 radical (unpaired) electrons. The summed E-state index contributed by atoms with van der Waals surface area (Å²) in [6.45, 7) is 0. The molecule has 5 rings (SSSR count). The molecule has 6 nitrogen and oxygen atoms in total. The Morgan fingerprint density at radius 1 is 1.15 bits per heavy atom. The van der Waals surface area contributed by atoms with Crippen LogP contribution in [0.2, 0.25) is 0 Å². The highest BCUT2D eigenvalue weighted by molar-refractivity contribution is 5.93. The maximum atomic E-state index is 12.9. The topological polar surface area (TPSA) is 96.7 Å². The van der Waals surface area contributed by atoms with Crippen molar-refractivity contribution in [3.63, 3.8) is 0 Å². The van der Waals surface area contributed by atoms with Gasteiger partial charge in [0.1, 0.15) is 5.82 Å². The predicted octanol–water partition coefficient (Wildman–Crippen LogP) is 3.44. The Bertz CT molecular complexity index is 829. The van der Waals surface area contributed by atoms with Crippen molar-refractivity contribution in [3.05, 3.63) is 30.1 Å². The van der Waals surface area contributed by atoms with Crippen molar-refractivity contribution < 1.29 is 4.79 Å². The molecule has 4 N–H and O–H groups in total. The molecule has 0 aliphatic heterocycles. The Kier molecular flexibility index (Phi) is 4.23. The highest BCUT2D eigenvalue weighted by Gasteiger charge is 2.40. The van der Waals surface area contributed by atoms with Gasteiger partial charge in [0, 0.05) is 29.1 Å². The van der Waals surface area contributed by atoms with Crippen LogP contribution >= 0.6 is 0 Å². The molecule has 2 bridgehead atoms. The fourth-order valence-corrected chi connectivity index (χ4v) is 4.93. The summed E-state index contributed by atoms with van der Waals surface area (Å²) >= 11 is 0. The minimum atomic E-state index is 0.0775. The van der Waals surface area contributed by atoms with Gasteiger partial charge in [-0.2, -0.15) is 5.10 Å². The van der Waals surface area contributed by atoms with Crippen molar-refractivity contribution in [2.75, 3.05) is 5.32 Å². The van der Waals surface area contributed by atoms with Gasteiger partial charge < -0.3 is 11.1 Å². The Hall–Kier alpha value is -2.21. The van der Waals surface area contributed by atoms with E-state index in [9.17, 15) is 4.79 Å². The second-order valence-corrected chi connectivity index (χ2v) is 8.59. The fraction of sp³-hybridized carbons (Fsp3) is 0.571. The van der Waals surface area contributed by atoms with Gasteiger partial charge in [-0.05, 0) is 62.5 Å². The van der Waals surface area contributed by atoms with Gasteiger partial charge in [-0.1, -0.05) is 18.6 Å². The second-order valence-electron chi connectivity index (χ2n) is 8.59. The number of amides is 1. The number of aromatic nitrogens is 3. The first-order valence-electron chi connectivity index (χ1n) is 10.3. The minimum Gasteiger partial charge on any atom is -0.327 e. The molecule has 0 saturated heterocycles. The van der Waals surface area contributed by atoms with Gasteiger partial charge in [0.05, 0.1) is 0 Å². The number of carbonyl (C=O) groups excluding carboxylic acids is 1. The Labute approximate surface area is 159 Å².